The molecule has 0 unspecified atom stereocenters. The zero-order chi connectivity index (χ0) is 21.8. The van der Waals surface area contributed by atoms with Crippen molar-refractivity contribution < 1.29 is 4.39 Å². The predicted octanol–water partition coefficient (Wildman–Crippen LogP) is 3.45. The number of nitrogens with one attached hydrogen (secondary N) is 2. The van der Waals surface area contributed by atoms with Crippen molar-refractivity contribution in [2.75, 3.05) is 26.2 Å². The Hall–Kier alpha value is -2.81. The third-order valence-electron chi connectivity index (χ3n) is 6.48. The van der Waals surface area contributed by atoms with E-state index < -0.39 is 16.8 Å². The van der Waals surface area contributed by atoms with Crippen molar-refractivity contribution in [3.63, 3.8) is 0 Å². The number of rotatable bonds is 4. The molecule has 4 aromatic rings. The van der Waals surface area contributed by atoms with Gasteiger partial charge in [-0.3, -0.25) is 18.9 Å². The number of aromatic amines is 1. The Balaban J connectivity index is 1.50. The SMILES string of the molecule is O=c1[nH]sc2c1c(=O)c1cc(F)c(-c3cccc(CN4CCNCC4)c3)cc1n2C1CC1. The van der Waals surface area contributed by atoms with Gasteiger partial charge in [-0.15, -0.1) is 0 Å². The van der Waals surface area contributed by atoms with E-state index in [4.69, 9.17) is 0 Å². The zero-order valence-corrected chi connectivity index (χ0v) is 18.3. The van der Waals surface area contributed by atoms with Crippen LogP contribution in [0.25, 0.3) is 32.2 Å². The minimum Gasteiger partial charge on any atom is -0.328 e. The zero-order valence-electron chi connectivity index (χ0n) is 17.5. The fraction of sp³-hybridized carbons (Fsp3) is 0.333. The molecule has 2 aromatic heterocycles. The standard InChI is InChI=1S/C24H23FN4O2S/c25-19-11-18-20(29(16-4-5-16)24-21(22(18)30)23(31)27-32-24)12-17(19)15-3-1-2-14(10-15)13-28-8-6-26-7-9-28/h1-3,10-12,16,26H,4-9,13H2,(H,27,31). The minimum atomic E-state index is -0.442. The highest BCUT2D eigenvalue weighted by molar-refractivity contribution is 7.12. The van der Waals surface area contributed by atoms with E-state index in [1.807, 2.05) is 18.2 Å². The molecule has 1 aliphatic heterocycles. The fourth-order valence-corrected chi connectivity index (χ4v) is 5.66. The Morgan fingerprint density at radius 1 is 1.09 bits per heavy atom. The number of hydrogen-bond acceptors (Lipinski definition) is 5. The highest BCUT2D eigenvalue weighted by atomic mass is 32.1. The van der Waals surface area contributed by atoms with E-state index in [0.717, 1.165) is 56.7 Å². The molecule has 1 saturated carbocycles. The Morgan fingerprint density at radius 2 is 1.91 bits per heavy atom. The lowest BCUT2D eigenvalue weighted by Gasteiger charge is -2.27. The van der Waals surface area contributed by atoms with E-state index in [2.05, 4.69) is 25.2 Å². The van der Waals surface area contributed by atoms with Crippen molar-refractivity contribution in [2.24, 2.45) is 0 Å². The maximum absolute atomic E-state index is 15.3. The van der Waals surface area contributed by atoms with Crippen molar-refractivity contribution in [3.05, 3.63) is 68.4 Å². The quantitative estimate of drug-likeness (QED) is 0.500. The van der Waals surface area contributed by atoms with Crippen LogP contribution in [0.4, 0.5) is 4.39 Å². The molecule has 1 saturated heterocycles. The Morgan fingerprint density at radius 3 is 2.69 bits per heavy atom. The van der Waals surface area contributed by atoms with Crippen molar-refractivity contribution in [1.82, 2.24) is 19.2 Å². The molecule has 2 aromatic carbocycles. The molecule has 0 atom stereocenters. The number of piperazine rings is 1. The number of nitrogens with zero attached hydrogens (tertiary/aromatic N) is 2. The summed E-state index contributed by atoms with van der Waals surface area (Å²) in [6.45, 7) is 4.79. The third kappa shape index (κ3) is 3.30. The first-order chi connectivity index (χ1) is 15.6. The second kappa shape index (κ2) is 7.65. The van der Waals surface area contributed by atoms with E-state index >= 15 is 4.39 Å². The van der Waals surface area contributed by atoms with E-state index in [0.29, 0.717) is 15.9 Å². The van der Waals surface area contributed by atoms with Crippen LogP contribution in [0.5, 0.6) is 0 Å². The topological polar surface area (TPSA) is 70.1 Å². The average molecular weight is 451 g/mol. The van der Waals surface area contributed by atoms with Crippen LogP contribution in [0.1, 0.15) is 24.4 Å². The second-order valence-electron chi connectivity index (χ2n) is 8.72. The molecule has 2 aliphatic rings. The van der Waals surface area contributed by atoms with Crippen LogP contribution in [0.15, 0.2) is 46.0 Å². The van der Waals surface area contributed by atoms with Gasteiger partial charge in [-0.25, -0.2) is 4.39 Å². The normalized spacial score (nSPS) is 17.4. The Kier molecular flexibility index (Phi) is 4.74. The van der Waals surface area contributed by atoms with E-state index in [-0.39, 0.29) is 16.8 Å². The maximum Gasteiger partial charge on any atom is 0.271 e. The van der Waals surface area contributed by atoms with Gasteiger partial charge in [0.1, 0.15) is 16.0 Å². The highest BCUT2D eigenvalue weighted by Crippen LogP contribution is 2.40. The average Bonchev–Trinajstić information content (AvgIpc) is 3.56. The van der Waals surface area contributed by atoms with Crippen LogP contribution >= 0.6 is 11.5 Å². The molecule has 0 radical (unpaired) electrons. The predicted molar refractivity (Wildman–Crippen MR) is 126 cm³/mol. The Bertz CT molecular complexity index is 1460. The van der Waals surface area contributed by atoms with Crippen LogP contribution in [0, 0.1) is 5.82 Å². The lowest BCUT2D eigenvalue weighted by molar-refractivity contribution is 0.233. The summed E-state index contributed by atoms with van der Waals surface area (Å²) >= 11 is 1.19. The van der Waals surface area contributed by atoms with Gasteiger partial charge >= 0.3 is 0 Å². The summed E-state index contributed by atoms with van der Waals surface area (Å²) in [5.41, 5.74) is 2.33. The van der Waals surface area contributed by atoms with Crippen molar-refractivity contribution >= 4 is 32.7 Å². The van der Waals surface area contributed by atoms with E-state index in [1.54, 1.807) is 6.07 Å². The maximum atomic E-state index is 15.3. The summed E-state index contributed by atoms with van der Waals surface area (Å²) < 4.78 is 20.0. The molecule has 6 nitrogen and oxygen atoms in total. The molecular formula is C24H23FN4O2S. The number of H-pyrrole nitrogens is 1. The summed E-state index contributed by atoms with van der Waals surface area (Å²) in [5.74, 6) is -0.442. The molecule has 0 bridgehead atoms. The van der Waals surface area contributed by atoms with Crippen LogP contribution in [0.2, 0.25) is 0 Å². The lowest BCUT2D eigenvalue weighted by atomic mass is 10.00. The van der Waals surface area contributed by atoms with Gasteiger partial charge < -0.3 is 9.88 Å². The van der Waals surface area contributed by atoms with Crippen LogP contribution in [-0.4, -0.2) is 40.0 Å². The van der Waals surface area contributed by atoms with Gasteiger partial charge in [-0.05, 0) is 53.7 Å². The first kappa shape index (κ1) is 19.8. The molecule has 3 heterocycles. The fourth-order valence-electron chi connectivity index (χ4n) is 4.73. The van der Waals surface area contributed by atoms with Crippen molar-refractivity contribution in [3.8, 4) is 11.1 Å². The monoisotopic (exact) mass is 450 g/mol. The van der Waals surface area contributed by atoms with Crippen LogP contribution in [0.3, 0.4) is 0 Å². The van der Waals surface area contributed by atoms with Crippen LogP contribution in [-0.2, 0) is 6.54 Å². The van der Waals surface area contributed by atoms with Gasteiger partial charge in [0.15, 0.2) is 0 Å². The second-order valence-corrected chi connectivity index (χ2v) is 9.51. The summed E-state index contributed by atoms with van der Waals surface area (Å²) in [6, 6.07) is 11.3. The number of halogens is 1. The van der Waals surface area contributed by atoms with Gasteiger partial charge in [0.05, 0.1) is 5.52 Å². The molecule has 2 fully saturated rings. The van der Waals surface area contributed by atoms with Crippen LogP contribution < -0.4 is 16.3 Å². The van der Waals surface area contributed by atoms with Gasteiger partial charge in [0.2, 0.25) is 5.43 Å². The van der Waals surface area contributed by atoms with E-state index in [1.165, 1.54) is 17.6 Å². The van der Waals surface area contributed by atoms with Gasteiger partial charge in [-0.2, -0.15) is 0 Å². The summed E-state index contributed by atoms with van der Waals surface area (Å²) in [6.07, 6.45) is 1.98. The van der Waals surface area contributed by atoms with Crippen molar-refractivity contribution in [2.45, 2.75) is 25.4 Å². The first-order valence-electron chi connectivity index (χ1n) is 11.0. The molecule has 164 valence electrons. The smallest absolute Gasteiger partial charge is 0.271 e. The molecule has 0 spiro atoms. The highest BCUT2D eigenvalue weighted by Gasteiger charge is 2.29. The molecule has 0 amide bonds. The summed E-state index contributed by atoms with van der Waals surface area (Å²) in [5, 5.41) is 3.77. The van der Waals surface area contributed by atoms with E-state index in [9.17, 15) is 9.59 Å². The Labute approximate surface area is 187 Å². The van der Waals surface area contributed by atoms with Gasteiger partial charge in [-0.1, -0.05) is 18.2 Å². The molecule has 6 rings (SSSR count). The molecular weight excluding hydrogens is 427 g/mol. The minimum absolute atomic E-state index is 0.138. The molecule has 1 aliphatic carbocycles. The summed E-state index contributed by atoms with van der Waals surface area (Å²) in [7, 11) is 0. The number of aromatic nitrogens is 2. The number of pyridine rings is 1. The largest absolute Gasteiger partial charge is 0.328 e. The first-order valence-corrected chi connectivity index (χ1v) is 11.8. The lowest BCUT2D eigenvalue weighted by Crippen LogP contribution is -2.42. The molecule has 2 N–H and O–H groups in total. The number of fused-ring (bicyclic) bond motifs is 2. The molecule has 32 heavy (non-hydrogen) atoms. The molecule has 8 heteroatoms. The summed E-state index contributed by atoms with van der Waals surface area (Å²) in [4.78, 5) is 28.3. The third-order valence-corrected chi connectivity index (χ3v) is 7.36. The number of hydrogen-bond donors (Lipinski definition) is 2. The van der Waals surface area contributed by atoms with Gasteiger partial charge in [0.25, 0.3) is 5.56 Å². The van der Waals surface area contributed by atoms with Crippen molar-refractivity contribution in [1.29, 1.82) is 0 Å². The van der Waals surface area contributed by atoms with Gasteiger partial charge in [0, 0.05) is 49.7 Å². The number of benzene rings is 2.